The summed E-state index contributed by atoms with van der Waals surface area (Å²) in [5, 5.41) is 18.2. The normalized spacial score (nSPS) is 20.8. The van der Waals surface area contributed by atoms with E-state index in [4.69, 9.17) is 5.11 Å². The first-order valence-electron chi connectivity index (χ1n) is 6.38. The predicted octanol–water partition coefficient (Wildman–Crippen LogP) is 1.73. The number of aliphatic hydroxyl groups excluding tert-OH is 1. The third-order valence-electron chi connectivity index (χ3n) is 3.55. The molecular weight excluding hydrogens is 230 g/mol. The smallest absolute Gasteiger partial charge is 0.335 e. The summed E-state index contributed by atoms with van der Waals surface area (Å²) in [5.41, 5.74) is 1.41. The van der Waals surface area contributed by atoms with Crippen molar-refractivity contribution in [1.29, 1.82) is 0 Å². The van der Waals surface area contributed by atoms with E-state index in [0.29, 0.717) is 5.56 Å². The van der Waals surface area contributed by atoms with E-state index in [0.717, 1.165) is 25.1 Å². The summed E-state index contributed by atoms with van der Waals surface area (Å²) >= 11 is 0. The van der Waals surface area contributed by atoms with E-state index >= 15 is 0 Å². The Bertz CT molecular complexity index is 402. The van der Waals surface area contributed by atoms with Crippen LogP contribution in [0.1, 0.15) is 35.2 Å². The second kappa shape index (κ2) is 5.98. The minimum absolute atomic E-state index is 0.202. The number of piperidine rings is 1. The Morgan fingerprint density at radius 2 is 2.00 bits per heavy atom. The fraction of sp³-hybridized carbons (Fsp3) is 0.500. The molecule has 0 saturated carbocycles. The molecule has 0 spiro atoms. The first-order chi connectivity index (χ1) is 8.70. The van der Waals surface area contributed by atoms with E-state index in [-0.39, 0.29) is 12.6 Å². The second-order valence-corrected chi connectivity index (χ2v) is 4.80. The van der Waals surface area contributed by atoms with Crippen LogP contribution in [0.3, 0.4) is 0 Å². The number of hydrogen-bond acceptors (Lipinski definition) is 3. The maximum atomic E-state index is 10.8. The van der Waals surface area contributed by atoms with Crippen LogP contribution in [-0.2, 0) is 6.54 Å². The monoisotopic (exact) mass is 249 g/mol. The zero-order chi connectivity index (χ0) is 13.0. The summed E-state index contributed by atoms with van der Waals surface area (Å²) in [6.45, 7) is 1.99. The largest absolute Gasteiger partial charge is 0.478 e. The van der Waals surface area contributed by atoms with Crippen LogP contribution in [0, 0.1) is 0 Å². The van der Waals surface area contributed by atoms with Crippen LogP contribution >= 0.6 is 0 Å². The first-order valence-corrected chi connectivity index (χ1v) is 6.38. The van der Waals surface area contributed by atoms with Gasteiger partial charge in [-0.25, -0.2) is 4.79 Å². The van der Waals surface area contributed by atoms with Gasteiger partial charge in [-0.05, 0) is 37.1 Å². The molecule has 1 unspecified atom stereocenters. The highest BCUT2D eigenvalue weighted by Crippen LogP contribution is 2.19. The van der Waals surface area contributed by atoms with Crippen LogP contribution in [0.25, 0.3) is 0 Å². The van der Waals surface area contributed by atoms with Gasteiger partial charge in [-0.3, -0.25) is 4.90 Å². The molecule has 0 aromatic heterocycles. The average Bonchev–Trinajstić information content (AvgIpc) is 2.40. The molecule has 2 N–H and O–H groups in total. The number of aromatic carboxylic acids is 1. The molecule has 1 fully saturated rings. The molecule has 4 nitrogen and oxygen atoms in total. The van der Waals surface area contributed by atoms with Crippen LogP contribution in [-0.4, -0.2) is 40.3 Å². The molecule has 1 aliphatic heterocycles. The molecule has 0 radical (unpaired) electrons. The lowest BCUT2D eigenvalue weighted by atomic mass is 10.0. The van der Waals surface area contributed by atoms with Gasteiger partial charge in [-0.1, -0.05) is 18.6 Å². The Balaban J connectivity index is 2.01. The van der Waals surface area contributed by atoms with Crippen molar-refractivity contribution < 1.29 is 15.0 Å². The quantitative estimate of drug-likeness (QED) is 0.853. The molecule has 1 saturated heterocycles. The molecule has 98 valence electrons. The van der Waals surface area contributed by atoms with Crippen molar-refractivity contribution in [3.05, 3.63) is 35.4 Å². The van der Waals surface area contributed by atoms with E-state index in [9.17, 15) is 9.90 Å². The van der Waals surface area contributed by atoms with E-state index in [1.807, 2.05) is 12.1 Å². The van der Waals surface area contributed by atoms with Crippen LogP contribution in [0.5, 0.6) is 0 Å². The van der Waals surface area contributed by atoms with Gasteiger partial charge < -0.3 is 10.2 Å². The molecule has 18 heavy (non-hydrogen) atoms. The molecule has 4 heteroatoms. The van der Waals surface area contributed by atoms with Gasteiger partial charge in [0.25, 0.3) is 0 Å². The molecule has 1 aromatic rings. The van der Waals surface area contributed by atoms with Crippen molar-refractivity contribution in [2.45, 2.75) is 31.8 Å². The topological polar surface area (TPSA) is 60.8 Å². The van der Waals surface area contributed by atoms with Gasteiger partial charge in [-0.15, -0.1) is 0 Å². The minimum atomic E-state index is -0.896. The zero-order valence-electron chi connectivity index (χ0n) is 10.4. The van der Waals surface area contributed by atoms with Crippen molar-refractivity contribution >= 4 is 5.97 Å². The third-order valence-corrected chi connectivity index (χ3v) is 3.55. The molecule has 1 aromatic carbocycles. The van der Waals surface area contributed by atoms with Gasteiger partial charge in [-0.2, -0.15) is 0 Å². The van der Waals surface area contributed by atoms with Gasteiger partial charge in [0, 0.05) is 12.6 Å². The third kappa shape index (κ3) is 3.09. The van der Waals surface area contributed by atoms with Crippen molar-refractivity contribution in [3.8, 4) is 0 Å². The summed E-state index contributed by atoms with van der Waals surface area (Å²) in [7, 11) is 0. The lowest BCUT2D eigenvalue weighted by molar-refractivity contribution is 0.0697. The zero-order valence-corrected chi connectivity index (χ0v) is 10.4. The van der Waals surface area contributed by atoms with Crippen LogP contribution in [0.15, 0.2) is 24.3 Å². The van der Waals surface area contributed by atoms with Crippen molar-refractivity contribution in [1.82, 2.24) is 4.90 Å². The van der Waals surface area contributed by atoms with E-state index in [2.05, 4.69) is 4.90 Å². The summed E-state index contributed by atoms with van der Waals surface area (Å²) in [5.74, 6) is -0.896. The van der Waals surface area contributed by atoms with Gasteiger partial charge >= 0.3 is 5.97 Å². The lowest BCUT2D eigenvalue weighted by Crippen LogP contribution is -2.41. The molecule has 0 aliphatic carbocycles. The number of likely N-dealkylation sites (tertiary alicyclic amines) is 1. The van der Waals surface area contributed by atoms with Crippen LogP contribution in [0.4, 0.5) is 0 Å². The lowest BCUT2D eigenvalue weighted by Gasteiger charge is -2.34. The number of aliphatic hydroxyl groups is 1. The predicted molar refractivity (Wildman–Crippen MR) is 68.5 cm³/mol. The maximum Gasteiger partial charge on any atom is 0.335 e. The van der Waals surface area contributed by atoms with E-state index in [1.165, 1.54) is 12.8 Å². The van der Waals surface area contributed by atoms with Crippen LogP contribution < -0.4 is 0 Å². The maximum absolute atomic E-state index is 10.8. The molecule has 1 heterocycles. The Kier molecular flexibility index (Phi) is 4.33. The number of carbonyl (C=O) groups is 1. The van der Waals surface area contributed by atoms with Gasteiger partial charge in [0.2, 0.25) is 0 Å². The van der Waals surface area contributed by atoms with Gasteiger partial charge in [0.1, 0.15) is 0 Å². The Labute approximate surface area is 107 Å². The molecule has 2 rings (SSSR count). The highest BCUT2D eigenvalue weighted by molar-refractivity contribution is 5.87. The number of carboxylic acids is 1. The fourth-order valence-electron chi connectivity index (χ4n) is 2.46. The number of hydrogen-bond donors (Lipinski definition) is 2. The fourth-order valence-corrected chi connectivity index (χ4v) is 2.46. The average molecular weight is 249 g/mol. The Hall–Kier alpha value is -1.39. The second-order valence-electron chi connectivity index (χ2n) is 4.80. The molecule has 1 aliphatic rings. The first kappa shape index (κ1) is 13.1. The molecule has 0 amide bonds. The highest BCUT2D eigenvalue weighted by Gasteiger charge is 2.21. The summed E-state index contributed by atoms with van der Waals surface area (Å²) in [6, 6.07) is 7.22. The summed E-state index contributed by atoms with van der Waals surface area (Å²) in [4.78, 5) is 13.0. The highest BCUT2D eigenvalue weighted by atomic mass is 16.4. The van der Waals surface area contributed by atoms with Crippen LogP contribution in [0.2, 0.25) is 0 Å². The van der Waals surface area contributed by atoms with E-state index < -0.39 is 5.97 Å². The molecule has 1 atom stereocenters. The number of benzene rings is 1. The summed E-state index contributed by atoms with van der Waals surface area (Å²) < 4.78 is 0. The standard InChI is InChI=1S/C14H19NO3/c16-10-13-3-1-2-8-15(13)9-11-4-6-12(7-5-11)14(17)18/h4-7,13,16H,1-3,8-10H2,(H,17,18). The Morgan fingerprint density at radius 1 is 1.28 bits per heavy atom. The molecule has 0 bridgehead atoms. The van der Waals surface area contributed by atoms with Crippen molar-refractivity contribution in [2.24, 2.45) is 0 Å². The van der Waals surface area contributed by atoms with E-state index in [1.54, 1.807) is 12.1 Å². The van der Waals surface area contributed by atoms with Gasteiger partial charge in [0.15, 0.2) is 0 Å². The molecular formula is C14H19NO3. The number of nitrogens with zero attached hydrogens (tertiary/aromatic N) is 1. The Morgan fingerprint density at radius 3 is 2.61 bits per heavy atom. The number of carboxylic acid groups (broad SMARTS) is 1. The number of rotatable bonds is 4. The van der Waals surface area contributed by atoms with Crippen molar-refractivity contribution in [2.75, 3.05) is 13.2 Å². The SMILES string of the molecule is O=C(O)c1ccc(CN2CCCCC2CO)cc1. The van der Waals surface area contributed by atoms with Crippen molar-refractivity contribution in [3.63, 3.8) is 0 Å². The van der Waals surface area contributed by atoms with Gasteiger partial charge in [0.05, 0.1) is 12.2 Å². The minimum Gasteiger partial charge on any atom is -0.478 e. The summed E-state index contributed by atoms with van der Waals surface area (Å²) in [6.07, 6.45) is 3.40.